The lowest BCUT2D eigenvalue weighted by atomic mass is 10.0. The number of carboxylic acid groups (broad SMARTS) is 1. The van der Waals surface area contributed by atoms with Gasteiger partial charge in [-0.15, -0.1) is 0 Å². The van der Waals surface area contributed by atoms with Crippen molar-refractivity contribution in [3.63, 3.8) is 0 Å². The second-order valence-corrected chi connectivity index (χ2v) is 18.1. The first-order valence-electron chi connectivity index (χ1n) is 24.2. The molecular formula is C47H92NO9P. The lowest BCUT2D eigenvalue weighted by molar-refractivity contribution is -0.154. The van der Waals surface area contributed by atoms with Crippen LogP contribution in [0, 0.1) is 0 Å². The van der Waals surface area contributed by atoms with Gasteiger partial charge in [-0.2, -0.15) is 0 Å². The van der Waals surface area contributed by atoms with Crippen LogP contribution in [0.4, 0.5) is 0 Å². The summed E-state index contributed by atoms with van der Waals surface area (Å²) in [6.07, 6.45) is 46.9. The second kappa shape index (κ2) is 43.8. The number of hydrogen-bond acceptors (Lipinski definition) is 8. The summed E-state index contributed by atoms with van der Waals surface area (Å²) in [5.41, 5.74) is 5.37. The molecule has 4 N–H and O–H groups in total. The molecule has 0 aromatic carbocycles. The molecule has 0 aliphatic carbocycles. The van der Waals surface area contributed by atoms with Crippen LogP contribution in [0.2, 0.25) is 0 Å². The molecule has 0 heterocycles. The monoisotopic (exact) mass is 846 g/mol. The molecule has 0 aliphatic rings. The maximum absolute atomic E-state index is 12.7. The zero-order chi connectivity index (χ0) is 42.6. The van der Waals surface area contributed by atoms with E-state index in [1.165, 1.54) is 167 Å². The fraction of sp³-hybridized carbons (Fsp3) is 0.915. The Morgan fingerprint density at radius 1 is 0.534 bits per heavy atom. The fourth-order valence-corrected chi connectivity index (χ4v) is 7.79. The van der Waals surface area contributed by atoms with Gasteiger partial charge in [-0.3, -0.25) is 18.6 Å². The first-order chi connectivity index (χ1) is 28.2. The fourth-order valence-electron chi connectivity index (χ4n) is 7.01. The average molecular weight is 846 g/mol. The first kappa shape index (κ1) is 56.7. The number of carbonyl (C=O) groups excluding carboxylic acids is 1. The van der Waals surface area contributed by atoms with E-state index in [4.69, 9.17) is 29.4 Å². The number of hydrogen-bond donors (Lipinski definition) is 3. The number of carbonyl (C=O) groups is 2. The summed E-state index contributed by atoms with van der Waals surface area (Å²) in [5.74, 6) is -1.77. The van der Waals surface area contributed by atoms with Crippen molar-refractivity contribution >= 4 is 19.8 Å². The number of carboxylic acids is 1. The summed E-state index contributed by atoms with van der Waals surface area (Å²) in [4.78, 5) is 33.6. The van der Waals surface area contributed by atoms with E-state index in [2.05, 4.69) is 26.0 Å². The molecule has 0 amide bonds. The molecule has 0 rings (SSSR count). The van der Waals surface area contributed by atoms with E-state index in [1.54, 1.807) is 0 Å². The van der Waals surface area contributed by atoms with Gasteiger partial charge < -0.3 is 25.2 Å². The molecule has 0 aliphatic heterocycles. The van der Waals surface area contributed by atoms with Gasteiger partial charge in [-0.25, -0.2) is 4.57 Å². The number of phosphoric acid groups is 1. The van der Waals surface area contributed by atoms with Crippen molar-refractivity contribution in [2.24, 2.45) is 5.73 Å². The van der Waals surface area contributed by atoms with E-state index in [1.807, 2.05) is 0 Å². The molecule has 0 saturated carbocycles. The Morgan fingerprint density at radius 2 is 0.897 bits per heavy atom. The molecule has 0 radical (unpaired) electrons. The summed E-state index contributed by atoms with van der Waals surface area (Å²) in [5, 5.41) is 8.91. The third-order valence-corrected chi connectivity index (χ3v) is 11.7. The zero-order valence-corrected chi connectivity index (χ0v) is 38.6. The SMILES string of the molecule is CCCCCCCCC/C=C\CCCCCCCCCC(=O)OC(COCCCCCCCCCCCCCCCCCCCC)COP(=O)(O)OCC(N)C(=O)O. The molecule has 0 aromatic heterocycles. The average Bonchev–Trinajstić information content (AvgIpc) is 3.20. The summed E-state index contributed by atoms with van der Waals surface area (Å²) < 4.78 is 33.5. The van der Waals surface area contributed by atoms with E-state index >= 15 is 0 Å². The Labute approximate surface area is 356 Å². The number of esters is 1. The summed E-state index contributed by atoms with van der Waals surface area (Å²) in [7, 11) is -4.61. The molecule has 0 fully saturated rings. The Hall–Kier alpha value is -1.29. The minimum absolute atomic E-state index is 0.0215. The third kappa shape index (κ3) is 42.8. The second-order valence-electron chi connectivity index (χ2n) is 16.6. The van der Waals surface area contributed by atoms with Crippen molar-refractivity contribution in [1.82, 2.24) is 0 Å². The number of ether oxygens (including phenoxy) is 2. The topological polar surface area (TPSA) is 155 Å². The lowest BCUT2D eigenvalue weighted by Crippen LogP contribution is -2.34. The van der Waals surface area contributed by atoms with Crippen molar-refractivity contribution in [3.05, 3.63) is 12.2 Å². The van der Waals surface area contributed by atoms with Gasteiger partial charge in [0.25, 0.3) is 0 Å². The van der Waals surface area contributed by atoms with Gasteiger partial charge in [0.2, 0.25) is 0 Å². The minimum atomic E-state index is -4.61. The molecule has 0 bridgehead atoms. The van der Waals surface area contributed by atoms with Crippen LogP contribution >= 0.6 is 7.82 Å². The maximum atomic E-state index is 12.7. The highest BCUT2D eigenvalue weighted by Gasteiger charge is 2.27. The molecule has 11 heteroatoms. The van der Waals surface area contributed by atoms with Gasteiger partial charge in [0.1, 0.15) is 12.1 Å². The Kier molecular flexibility index (Phi) is 42.8. The number of aliphatic carboxylic acids is 1. The largest absolute Gasteiger partial charge is 0.480 e. The molecule has 344 valence electrons. The molecule has 0 spiro atoms. The Bertz CT molecular complexity index is 982. The van der Waals surface area contributed by atoms with Crippen LogP contribution in [-0.2, 0) is 32.7 Å². The summed E-state index contributed by atoms with van der Waals surface area (Å²) in [6, 6.07) is -1.47. The van der Waals surface area contributed by atoms with Crippen molar-refractivity contribution in [3.8, 4) is 0 Å². The molecular weight excluding hydrogens is 753 g/mol. The highest BCUT2D eigenvalue weighted by molar-refractivity contribution is 7.47. The normalized spacial score (nSPS) is 13.9. The van der Waals surface area contributed by atoms with Crippen LogP contribution in [0.25, 0.3) is 0 Å². The van der Waals surface area contributed by atoms with Gasteiger partial charge >= 0.3 is 19.8 Å². The first-order valence-corrected chi connectivity index (χ1v) is 25.7. The molecule has 58 heavy (non-hydrogen) atoms. The Balaban J connectivity index is 4.15. The van der Waals surface area contributed by atoms with Gasteiger partial charge in [0.05, 0.1) is 19.8 Å². The highest BCUT2D eigenvalue weighted by atomic mass is 31.2. The molecule has 0 aromatic rings. The van der Waals surface area contributed by atoms with Crippen LogP contribution in [0.1, 0.15) is 239 Å². The Morgan fingerprint density at radius 3 is 1.31 bits per heavy atom. The molecule has 10 nitrogen and oxygen atoms in total. The van der Waals surface area contributed by atoms with E-state index in [0.29, 0.717) is 13.0 Å². The predicted molar refractivity (Wildman–Crippen MR) is 240 cm³/mol. The van der Waals surface area contributed by atoms with Gasteiger partial charge in [-0.1, -0.05) is 206 Å². The third-order valence-electron chi connectivity index (χ3n) is 10.8. The molecule has 3 unspecified atom stereocenters. The van der Waals surface area contributed by atoms with E-state index < -0.39 is 45.1 Å². The molecule has 0 saturated heterocycles. The highest BCUT2D eigenvalue weighted by Crippen LogP contribution is 2.43. The standard InChI is InChI=1S/C47H92NO9P/c1-3-5-7-9-11-13-15-17-19-21-23-25-27-29-31-33-35-37-39-46(49)57-44(42-55-58(52,53)56-43-45(48)47(50)51)41-54-40-38-36-34-32-30-28-26-24-22-20-18-16-14-12-10-8-6-4-2/h19,21,44-45H,3-18,20,22-43,48H2,1-2H3,(H,50,51)(H,52,53)/b21-19-. The summed E-state index contributed by atoms with van der Waals surface area (Å²) >= 11 is 0. The number of allylic oxidation sites excluding steroid dienone is 2. The van der Waals surface area contributed by atoms with Crippen molar-refractivity contribution in [2.45, 2.75) is 251 Å². The maximum Gasteiger partial charge on any atom is 0.472 e. The van der Waals surface area contributed by atoms with Gasteiger partial charge in [0.15, 0.2) is 0 Å². The van der Waals surface area contributed by atoms with E-state index in [9.17, 15) is 19.0 Å². The predicted octanol–water partition coefficient (Wildman–Crippen LogP) is 13.7. The van der Waals surface area contributed by atoms with Crippen molar-refractivity contribution in [1.29, 1.82) is 0 Å². The van der Waals surface area contributed by atoms with Crippen LogP contribution in [-0.4, -0.2) is 60.5 Å². The van der Waals surface area contributed by atoms with Gasteiger partial charge in [-0.05, 0) is 38.5 Å². The number of rotatable bonds is 47. The number of phosphoric ester groups is 1. The van der Waals surface area contributed by atoms with Gasteiger partial charge in [0, 0.05) is 13.0 Å². The van der Waals surface area contributed by atoms with Crippen LogP contribution in [0.5, 0.6) is 0 Å². The minimum Gasteiger partial charge on any atom is -0.480 e. The summed E-state index contributed by atoms with van der Waals surface area (Å²) in [6.45, 7) is 3.93. The van der Waals surface area contributed by atoms with Crippen LogP contribution < -0.4 is 5.73 Å². The van der Waals surface area contributed by atoms with Crippen LogP contribution in [0.3, 0.4) is 0 Å². The quantitative estimate of drug-likeness (QED) is 0.0233. The zero-order valence-electron chi connectivity index (χ0n) is 37.7. The number of unbranched alkanes of at least 4 members (excludes halogenated alkanes) is 31. The molecule has 3 atom stereocenters. The lowest BCUT2D eigenvalue weighted by Gasteiger charge is -2.20. The van der Waals surface area contributed by atoms with E-state index in [-0.39, 0.29) is 13.0 Å². The van der Waals surface area contributed by atoms with Crippen molar-refractivity contribution < 1.29 is 42.7 Å². The van der Waals surface area contributed by atoms with E-state index in [0.717, 1.165) is 44.9 Å². The smallest absolute Gasteiger partial charge is 0.472 e. The van der Waals surface area contributed by atoms with Crippen molar-refractivity contribution in [2.75, 3.05) is 26.4 Å². The van der Waals surface area contributed by atoms with Crippen LogP contribution in [0.15, 0.2) is 12.2 Å². The number of nitrogens with two attached hydrogens (primary N) is 1.